The van der Waals surface area contributed by atoms with Crippen molar-refractivity contribution in [1.29, 1.82) is 0 Å². The van der Waals surface area contributed by atoms with Gasteiger partial charge in [0.15, 0.2) is 0 Å². The number of hydrogen-bond donors (Lipinski definition) is 0. The lowest BCUT2D eigenvalue weighted by atomic mass is 9.99. The van der Waals surface area contributed by atoms with Gasteiger partial charge in [-0.05, 0) is 24.0 Å². The van der Waals surface area contributed by atoms with Gasteiger partial charge in [0, 0.05) is 0 Å². The molecule has 0 aromatic heterocycles. The van der Waals surface area contributed by atoms with Gasteiger partial charge in [0.05, 0.1) is 17.2 Å². The van der Waals surface area contributed by atoms with Crippen molar-refractivity contribution in [3.8, 4) is 0 Å². The molecule has 1 aromatic rings. The zero-order valence-corrected chi connectivity index (χ0v) is 12.0. The number of carbonyl (C=O) groups is 2. The standard InChI is InChI=1S/C14H18O6/c1-10-7-5-6-8-11(10)12(15)18-20-19-13(16)17-9-14(2,3)4/h5-8H,9H2,1-4H3. The minimum atomic E-state index is -1.07. The van der Waals surface area contributed by atoms with E-state index in [1.807, 2.05) is 20.8 Å². The summed E-state index contributed by atoms with van der Waals surface area (Å²) in [6.45, 7) is 7.56. The van der Waals surface area contributed by atoms with Crippen LogP contribution in [0.1, 0.15) is 36.7 Å². The first-order chi connectivity index (χ1) is 9.29. The lowest BCUT2D eigenvalue weighted by molar-refractivity contribution is -0.452. The van der Waals surface area contributed by atoms with Crippen LogP contribution in [0, 0.1) is 12.3 Å². The second kappa shape index (κ2) is 6.91. The summed E-state index contributed by atoms with van der Waals surface area (Å²) < 4.78 is 4.74. The molecule has 0 aliphatic rings. The maximum Gasteiger partial charge on any atom is 0.543 e. The van der Waals surface area contributed by atoms with Crippen LogP contribution >= 0.6 is 0 Å². The first-order valence-electron chi connectivity index (χ1n) is 6.07. The summed E-state index contributed by atoms with van der Waals surface area (Å²) in [5.41, 5.74) is 0.840. The molecular weight excluding hydrogens is 264 g/mol. The molecule has 0 saturated carbocycles. The highest BCUT2D eigenvalue weighted by Gasteiger charge is 2.17. The van der Waals surface area contributed by atoms with Crippen LogP contribution in [-0.2, 0) is 19.6 Å². The Bertz CT molecular complexity index is 475. The van der Waals surface area contributed by atoms with Gasteiger partial charge in [-0.2, -0.15) is 0 Å². The van der Waals surface area contributed by atoms with Gasteiger partial charge in [0.1, 0.15) is 0 Å². The molecule has 0 spiro atoms. The molecule has 0 heterocycles. The number of rotatable bonds is 4. The summed E-state index contributed by atoms with van der Waals surface area (Å²) in [7, 11) is 0. The van der Waals surface area contributed by atoms with Crippen molar-refractivity contribution >= 4 is 12.1 Å². The zero-order chi connectivity index (χ0) is 15.2. The summed E-state index contributed by atoms with van der Waals surface area (Å²) in [5.74, 6) is -0.758. The third-order valence-electron chi connectivity index (χ3n) is 2.20. The van der Waals surface area contributed by atoms with E-state index in [1.165, 1.54) is 0 Å². The van der Waals surface area contributed by atoms with Crippen LogP contribution in [0.25, 0.3) is 0 Å². The predicted octanol–water partition coefficient (Wildman–Crippen LogP) is 3.20. The summed E-state index contributed by atoms with van der Waals surface area (Å²) in [5, 5.41) is 4.11. The molecule has 6 nitrogen and oxygen atoms in total. The Kier molecular flexibility index (Phi) is 5.52. The average Bonchev–Trinajstić information content (AvgIpc) is 2.36. The number of benzene rings is 1. The van der Waals surface area contributed by atoms with E-state index in [4.69, 9.17) is 4.74 Å². The van der Waals surface area contributed by atoms with E-state index in [-0.39, 0.29) is 12.0 Å². The Morgan fingerprint density at radius 3 is 2.35 bits per heavy atom. The normalized spacial score (nSPS) is 10.8. The van der Waals surface area contributed by atoms with Crippen LogP contribution in [0.2, 0.25) is 0 Å². The molecule has 0 atom stereocenters. The number of hydrogen-bond acceptors (Lipinski definition) is 6. The fourth-order valence-corrected chi connectivity index (χ4v) is 1.22. The van der Waals surface area contributed by atoms with Gasteiger partial charge in [0.2, 0.25) is 0 Å². The molecule has 0 saturated heterocycles. The molecular formula is C14H18O6. The van der Waals surface area contributed by atoms with Crippen molar-refractivity contribution in [2.45, 2.75) is 27.7 Å². The molecule has 0 amide bonds. The van der Waals surface area contributed by atoms with Gasteiger partial charge in [-0.25, -0.2) is 14.5 Å². The Hall–Kier alpha value is -2.08. The predicted molar refractivity (Wildman–Crippen MR) is 69.6 cm³/mol. The van der Waals surface area contributed by atoms with Gasteiger partial charge in [-0.1, -0.05) is 39.0 Å². The van der Waals surface area contributed by atoms with Gasteiger partial charge >= 0.3 is 12.1 Å². The summed E-state index contributed by atoms with van der Waals surface area (Å²) in [6, 6.07) is 6.78. The van der Waals surface area contributed by atoms with E-state index in [2.05, 4.69) is 14.8 Å². The highest BCUT2D eigenvalue weighted by Crippen LogP contribution is 2.13. The maximum atomic E-state index is 11.6. The van der Waals surface area contributed by atoms with E-state index in [0.717, 1.165) is 5.56 Å². The fourth-order valence-electron chi connectivity index (χ4n) is 1.22. The molecule has 110 valence electrons. The Balaban J connectivity index is 2.33. The minimum Gasteiger partial charge on any atom is -0.432 e. The third kappa shape index (κ3) is 5.71. The SMILES string of the molecule is Cc1ccccc1C(=O)OOOC(=O)OCC(C)(C)C. The van der Waals surface area contributed by atoms with Gasteiger partial charge < -0.3 is 4.74 Å². The van der Waals surface area contributed by atoms with Crippen molar-refractivity contribution in [3.05, 3.63) is 35.4 Å². The average molecular weight is 282 g/mol. The molecule has 0 aliphatic heterocycles. The number of ether oxygens (including phenoxy) is 1. The molecule has 0 fully saturated rings. The zero-order valence-electron chi connectivity index (χ0n) is 12.0. The van der Waals surface area contributed by atoms with Crippen LogP contribution in [-0.4, -0.2) is 18.7 Å². The van der Waals surface area contributed by atoms with E-state index < -0.39 is 12.1 Å². The van der Waals surface area contributed by atoms with Crippen molar-refractivity contribution in [2.75, 3.05) is 6.61 Å². The first-order valence-corrected chi connectivity index (χ1v) is 6.07. The first kappa shape index (κ1) is 16.0. The summed E-state index contributed by atoms with van der Waals surface area (Å²) >= 11 is 0. The second-order valence-electron chi connectivity index (χ2n) is 5.44. The highest BCUT2D eigenvalue weighted by atomic mass is 17.5. The third-order valence-corrected chi connectivity index (χ3v) is 2.20. The Labute approximate surface area is 117 Å². The lowest BCUT2D eigenvalue weighted by Crippen LogP contribution is -2.19. The van der Waals surface area contributed by atoms with Crippen LogP contribution in [0.3, 0.4) is 0 Å². The van der Waals surface area contributed by atoms with Crippen molar-refractivity contribution in [3.63, 3.8) is 0 Å². The van der Waals surface area contributed by atoms with Crippen LogP contribution in [0.15, 0.2) is 24.3 Å². The van der Waals surface area contributed by atoms with E-state index in [1.54, 1.807) is 31.2 Å². The second-order valence-corrected chi connectivity index (χ2v) is 5.44. The van der Waals surface area contributed by atoms with E-state index >= 15 is 0 Å². The maximum absolute atomic E-state index is 11.6. The molecule has 0 N–H and O–H groups in total. The quantitative estimate of drug-likeness (QED) is 0.480. The van der Waals surface area contributed by atoms with E-state index in [9.17, 15) is 9.59 Å². The van der Waals surface area contributed by atoms with Gasteiger partial charge in [-0.3, -0.25) is 4.89 Å². The molecule has 20 heavy (non-hydrogen) atoms. The Morgan fingerprint density at radius 2 is 1.75 bits per heavy atom. The van der Waals surface area contributed by atoms with Crippen molar-refractivity contribution in [1.82, 2.24) is 0 Å². The van der Waals surface area contributed by atoms with Crippen LogP contribution in [0.4, 0.5) is 4.79 Å². The summed E-state index contributed by atoms with van der Waals surface area (Å²) in [4.78, 5) is 31.2. The number of aryl methyl sites for hydroxylation is 1. The fraction of sp³-hybridized carbons (Fsp3) is 0.429. The molecule has 0 unspecified atom stereocenters. The number of carbonyl (C=O) groups excluding carboxylic acids is 2. The summed E-state index contributed by atoms with van der Waals surface area (Å²) in [6.07, 6.45) is -1.07. The van der Waals surface area contributed by atoms with Crippen molar-refractivity contribution < 1.29 is 29.1 Å². The largest absolute Gasteiger partial charge is 0.543 e. The Morgan fingerprint density at radius 1 is 1.10 bits per heavy atom. The van der Waals surface area contributed by atoms with E-state index in [0.29, 0.717) is 5.56 Å². The monoisotopic (exact) mass is 282 g/mol. The smallest absolute Gasteiger partial charge is 0.432 e. The molecule has 1 rings (SSSR count). The topological polar surface area (TPSA) is 71.1 Å². The molecule has 1 aromatic carbocycles. The molecule has 0 bridgehead atoms. The van der Waals surface area contributed by atoms with Crippen molar-refractivity contribution in [2.24, 2.45) is 5.41 Å². The molecule has 0 aliphatic carbocycles. The van der Waals surface area contributed by atoms with Crippen LogP contribution < -0.4 is 0 Å². The molecule has 6 heteroatoms. The van der Waals surface area contributed by atoms with Gasteiger partial charge in [-0.15, -0.1) is 0 Å². The lowest BCUT2D eigenvalue weighted by Gasteiger charge is -2.16. The highest BCUT2D eigenvalue weighted by molar-refractivity contribution is 5.90. The van der Waals surface area contributed by atoms with Gasteiger partial charge in [0.25, 0.3) is 0 Å². The van der Waals surface area contributed by atoms with Crippen LogP contribution in [0.5, 0.6) is 0 Å². The molecule has 0 radical (unpaired) electrons. The minimum absolute atomic E-state index is 0.154.